The van der Waals surface area contributed by atoms with E-state index in [9.17, 15) is 19.7 Å². The number of ether oxygens (including phenoxy) is 2. The molecule has 0 atom stereocenters. The number of nitrogens with two attached hydrogens (primary N) is 3. The van der Waals surface area contributed by atoms with Gasteiger partial charge in [-0.3, -0.25) is 10.1 Å². The number of anilines is 3. The van der Waals surface area contributed by atoms with E-state index in [1.807, 2.05) is 45.2 Å². The number of hydrogen-bond donors (Lipinski definition) is 3. The van der Waals surface area contributed by atoms with Crippen LogP contribution >= 0.6 is 45.2 Å². The van der Waals surface area contributed by atoms with Crippen molar-refractivity contribution in [2.24, 2.45) is 0 Å². The van der Waals surface area contributed by atoms with Crippen LogP contribution in [0, 0.1) is 17.3 Å². The largest absolute Gasteiger partial charge is 0.465 e. The molecule has 0 saturated carbocycles. The van der Waals surface area contributed by atoms with Crippen LogP contribution in [-0.2, 0) is 9.47 Å². The Balaban J connectivity index is 0.000000283. The zero-order valence-electron chi connectivity index (χ0n) is 14.7. The average molecular weight is 614 g/mol. The quantitative estimate of drug-likeness (QED) is 0.155. The minimum Gasteiger partial charge on any atom is -0.465 e. The molecule has 2 rings (SSSR count). The van der Waals surface area contributed by atoms with Crippen LogP contribution in [0.25, 0.3) is 0 Å². The molecular formula is C16H16I2N4O6. The maximum absolute atomic E-state index is 11.2. The number of hydrogen-bond acceptors (Lipinski definition) is 9. The number of esters is 2. The van der Waals surface area contributed by atoms with Crippen molar-refractivity contribution in [1.82, 2.24) is 0 Å². The van der Waals surface area contributed by atoms with E-state index in [0.29, 0.717) is 20.5 Å². The standard InChI is InChI=1S/C8H7IN2O4.C8H9IN2O2/c1-15-8(12)4-2-5(9)7(10)6(3-4)11(13)14;1-13-8(12)4-2-5(9)7(11)6(10)3-4/h2-3H,10H2,1H3;2-3H,10-11H2,1H3. The van der Waals surface area contributed by atoms with Gasteiger partial charge in [-0.1, -0.05) is 0 Å². The topological polar surface area (TPSA) is 174 Å². The molecule has 0 radical (unpaired) electrons. The first kappa shape index (κ1) is 23.7. The van der Waals surface area contributed by atoms with Crippen LogP contribution in [0.1, 0.15) is 20.7 Å². The molecule has 0 aliphatic heterocycles. The van der Waals surface area contributed by atoms with Gasteiger partial charge in [0.1, 0.15) is 5.69 Å². The number of carbonyl (C=O) groups is 2. The van der Waals surface area contributed by atoms with Crippen molar-refractivity contribution in [3.63, 3.8) is 0 Å². The molecule has 28 heavy (non-hydrogen) atoms. The van der Waals surface area contributed by atoms with Gasteiger partial charge in [-0.2, -0.15) is 0 Å². The van der Waals surface area contributed by atoms with Gasteiger partial charge in [-0.05, 0) is 63.4 Å². The van der Waals surface area contributed by atoms with E-state index in [4.69, 9.17) is 17.2 Å². The zero-order chi connectivity index (χ0) is 21.6. The van der Waals surface area contributed by atoms with Gasteiger partial charge in [0, 0.05) is 13.2 Å². The zero-order valence-corrected chi connectivity index (χ0v) is 19.0. The Kier molecular flexibility index (Phi) is 8.67. The molecule has 0 saturated heterocycles. The molecular weight excluding hydrogens is 598 g/mol. The van der Waals surface area contributed by atoms with Crippen molar-refractivity contribution in [2.75, 3.05) is 31.4 Å². The fourth-order valence-electron chi connectivity index (χ4n) is 1.86. The molecule has 12 heteroatoms. The van der Waals surface area contributed by atoms with Crippen molar-refractivity contribution in [3.05, 3.63) is 52.6 Å². The summed E-state index contributed by atoms with van der Waals surface area (Å²) < 4.78 is 10.2. The number of nitrogen functional groups attached to an aromatic ring is 3. The summed E-state index contributed by atoms with van der Waals surface area (Å²) >= 11 is 3.83. The predicted molar refractivity (Wildman–Crippen MR) is 121 cm³/mol. The smallest absolute Gasteiger partial charge is 0.338 e. The molecule has 2 aromatic carbocycles. The highest BCUT2D eigenvalue weighted by Crippen LogP contribution is 2.28. The van der Waals surface area contributed by atoms with Gasteiger partial charge in [-0.15, -0.1) is 0 Å². The summed E-state index contributed by atoms with van der Waals surface area (Å²) in [6.45, 7) is 0. The molecule has 2 aromatic rings. The van der Waals surface area contributed by atoms with Gasteiger partial charge in [-0.25, -0.2) is 9.59 Å². The summed E-state index contributed by atoms with van der Waals surface area (Å²) in [4.78, 5) is 32.2. The third kappa shape index (κ3) is 5.82. The van der Waals surface area contributed by atoms with Crippen LogP contribution in [0.4, 0.5) is 22.7 Å². The van der Waals surface area contributed by atoms with Crippen molar-refractivity contribution in [1.29, 1.82) is 0 Å². The number of halogens is 2. The van der Waals surface area contributed by atoms with E-state index < -0.39 is 16.9 Å². The maximum atomic E-state index is 11.2. The summed E-state index contributed by atoms with van der Waals surface area (Å²) in [6, 6.07) is 5.68. The maximum Gasteiger partial charge on any atom is 0.338 e. The Morgan fingerprint density at radius 1 is 0.893 bits per heavy atom. The van der Waals surface area contributed by atoms with Crippen LogP contribution in [-0.4, -0.2) is 31.1 Å². The third-order valence-electron chi connectivity index (χ3n) is 3.31. The Morgan fingerprint density at radius 3 is 1.71 bits per heavy atom. The highest BCUT2D eigenvalue weighted by atomic mass is 127. The normalized spacial score (nSPS) is 9.71. The highest BCUT2D eigenvalue weighted by Gasteiger charge is 2.19. The molecule has 6 N–H and O–H groups in total. The number of nitrogens with zero attached hydrogens (tertiary/aromatic N) is 1. The van der Waals surface area contributed by atoms with E-state index in [0.717, 1.165) is 9.64 Å². The van der Waals surface area contributed by atoms with Gasteiger partial charge < -0.3 is 26.7 Å². The summed E-state index contributed by atoms with van der Waals surface area (Å²) in [6.07, 6.45) is 0. The van der Waals surface area contributed by atoms with E-state index in [2.05, 4.69) is 9.47 Å². The predicted octanol–water partition coefficient (Wildman–Crippen LogP) is 2.81. The lowest BCUT2D eigenvalue weighted by Crippen LogP contribution is -2.05. The molecule has 0 fully saturated rings. The Hall–Kier alpha value is -2.36. The number of nitro benzene ring substituents is 1. The van der Waals surface area contributed by atoms with E-state index in [1.54, 1.807) is 6.07 Å². The second kappa shape index (κ2) is 10.3. The lowest BCUT2D eigenvalue weighted by molar-refractivity contribution is -0.384. The number of methoxy groups -OCH3 is 2. The Morgan fingerprint density at radius 2 is 1.32 bits per heavy atom. The lowest BCUT2D eigenvalue weighted by Gasteiger charge is -2.05. The summed E-state index contributed by atoms with van der Waals surface area (Å²) in [5.41, 5.74) is 17.9. The number of carbonyl (C=O) groups excluding carboxylic acids is 2. The Bertz CT molecular complexity index is 913. The number of rotatable bonds is 3. The first-order valence-electron chi connectivity index (χ1n) is 7.28. The minimum absolute atomic E-state index is 0.0493. The molecule has 0 heterocycles. The van der Waals surface area contributed by atoms with E-state index in [-0.39, 0.29) is 16.9 Å². The molecule has 0 aliphatic carbocycles. The molecule has 0 spiro atoms. The summed E-state index contributed by atoms with van der Waals surface area (Å²) in [7, 11) is 2.53. The number of nitro groups is 1. The molecule has 0 unspecified atom stereocenters. The fraction of sp³-hybridized carbons (Fsp3) is 0.125. The third-order valence-corrected chi connectivity index (χ3v) is 5.09. The van der Waals surface area contributed by atoms with E-state index in [1.165, 1.54) is 26.4 Å². The van der Waals surface area contributed by atoms with Gasteiger partial charge in [0.05, 0.1) is 41.6 Å². The van der Waals surface area contributed by atoms with Crippen LogP contribution in [0.3, 0.4) is 0 Å². The average Bonchev–Trinajstić information content (AvgIpc) is 2.66. The fourth-order valence-corrected chi connectivity index (χ4v) is 3.12. The minimum atomic E-state index is -0.635. The summed E-state index contributed by atoms with van der Waals surface area (Å²) in [5, 5.41) is 10.6. The monoisotopic (exact) mass is 614 g/mol. The number of benzene rings is 2. The molecule has 0 bridgehead atoms. The SMILES string of the molecule is COC(=O)c1cc(I)c(N)c([N+](=O)[O-])c1.COC(=O)c1cc(N)c(N)c(I)c1. The van der Waals surface area contributed by atoms with Gasteiger partial charge in [0.15, 0.2) is 0 Å². The van der Waals surface area contributed by atoms with Gasteiger partial charge >= 0.3 is 11.9 Å². The Labute approximate surface area is 187 Å². The summed E-state index contributed by atoms with van der Waals surface area (Å²) in [5.74, 6) is -1.04. The molecule has 0 aliphatic rings. The molecule has 0 amide bonds. The van der Waals surface area contributed by atoms with Crippen molar-refractivity contribution in [2.45, 2.75) is 0 Å². The van der Waals surface area contributed by atoms with Crippen LogP contribution in [0.2, 0.25) is 0 Å². The lowest BCUT2D eigenvalue weighted by atomic mass is 10.2. The van der Waals surface area contributed by atoms with Crippen molar-refractivity contribution >= 4 is 79.9 Å². The van der Waals surface area contributed by atoms with Gasteiger partial charge in [0.25, 0.3) is 5.69 Å². The van der Waals surface area contributed by atoms with Crippen molar-refractivity contribution < 1.29 is 24.0 Å². The second-order valence-corrected chi connectivity index (χ2v) is 7.42. The molecule has 150 valence electrons. The van der Waals surface area contributed by atoms with Crippen molar-refractivity contribution in [3.8, 4) is 0 Å². The van der Waals surface area contributed by atoms with E-state index >= 15 is 0 Å². The molecule has 10 nitrogen and oxygen atoms in total. The second-order valence-electron chi connectivity index (χ2n) is 5.09. The van der Waals surface area contributed by atoms with Crippen LogP contribution < -0.4 is 17.2 Å². The first-order valence-corrected chi connectivity index (χ1v) is 9.43. The van der Waals surface area contributed by atoms with Crippen LogP contribution in [0.15, 0.2) is 24.3 Å². The highest BCUT2D eigenvalue weighted by molar-refractivity contribution is 14.1. The van der Waals surface area contributed by atoms with Gasteiger partial charge in [0.2, 0.25) is 0 Å². The first-order chi connectivity index (χ1) is 13.0. The van der Waals surface area contributed by atoms with Crippen LogP contribution in [0.5, 0.6) is 0 Å². The molecule has 0 aromatic heterocycles.